The number of aliphatic carboxylic acids is 1. The van der Waals surface area contributed by atoms with Gasteiger partial charge in [0.15, 0.2) is 0 Å². The number of thioether (sulfide) groups is 1. The molecule has 1 aromatic heterocycles. The van der Waals surface area contributed by atoms with Gasteiger partial charge in [0, 0.05) is 41.7 Å². The minimum atomic E-state index is -1.11. The van der Waals surface area contributed by atoms with E-state index in [4.69, 9.17) is 9.47 Å². The molecule has 1 fully saturated rings. The van der Waals surface area contributed by atoms with Gasteiger partial charge in [-0.15, -0.1) is 11.8 Å². The van der Waals surface area contributed by atoms with Crippen LogP contribution in [0.15, 0.2) is 59.6 Å². The summed E-state index contributed by atoms with van der Waals surface area (Å²) >= 11 is 1.78. The minimum Gasteiger partial charge on any atom is -0.497 e. The van der Waals surface area contributed by atoms with Crippen LogP contribution in [-0.4, -0.2) is 60.6 Å². The molecule has 0 saturated carbocycles. The standard InChI is InChI=1S/C30H37FN2O4S/c1-36-23-9-11-27-25(19-23)24(13-15-32-27)26(31)10-7-21-14-16-33(20-22(21)8-12-30(34)35)17-18-38-29-6-4-3-5-28(29)37-2/h3-6,9,11,13,15,19,21-22,26H,7-8,10,12,14,16-18,20H2,1-2H3,(H,34,35)/t21-,22+,26?/m1/s1. The van der Waals surface area contributed by atoms with Gasteiger partial charge in [-0.1, -0.05) is 12.1 Å². The maximum Gasteiger partial charge on any atom is 0.303 e. The third-order valence-electron chi connectivity index (χ3n) is 7.55. The average Bonchev–Trinajstić information content (AvgIpc) is 2.94. The van der Waals surface area contributed by atoms with Gasteiger partial charge in [-0.25, -0.2) is 4.39 Å². The maximum absolute atomic E-state index is 15.6. The zero-order chi connectivity index (χ0) is 26.9. The van der Waals surface area contributed by atoms with Crippen molar-refractivity contribution in [2.24, 2.45) is 11.8 Å². The number of fused-ring (bicyclic) bond motifs is 1. The molecule has 1 unspecified atom stereocenters. The van der Waals surface area contributed by atoms with E-state index in [1.807, 2.05) is 36.4 Å². The van der Waals surface area contributed by atoms with Crippen LogP contribution < -0.4 is 9.47 Å². The van der Waals surface area contributed by atoms with Crippen molar-refractivity contribution in [3.8, 4) is 11.5 Å². The summed E-state index contributed by atoms with van der Waals surface area (Å²) in [5.74, 6) is 2.29. The predicted molar refractivity (Wildman–Crippen MR) is 150 cm³/mol. The summed E-state index contributed by atoms with van der Waals surface area (Å²) in [6.45, 7) is 2.74. The van der Waals surface area contributed by atoms with Crippen molar-refractivity contribution >= 4 is 28.6 Å². The Balaban J connectivity index is 1.35. The number of halogens is 1. The Kier molecular flexibility index (Phi) is 10.2. The van der Waals surface area contributed by atoms with Gasteiger partial charge < -0.3 is 19.5 Å². The summed E-state index contributed by atoms with van der Waals surface area (Å²) in [6.07, 6.45) is 3.44. The van der Waals surface area contributed by atoms with E-state index in [1.165, 1.54) is 0 Å². The van der Waals surface area contributed by atoms with Gasteiger partial charge in [-0.2, -0.15) is 0 Å². The number of ether oxygens (including phenoxy) is 2. The number of carboxylic acids is 1. The number of alkyl halides is 1. The van der Waals surface area contributed by atoms with Gasteiger partial charge >= 0.3 is 5.97 Å². The number of pyridine rings is 1. The van der Waals surface area contributed by atoms with Crippen molar-refractivity contribution < 1.29 is 23.8 Å². The second-order valence-electron chi connectivity index (χ2n) is 9.87. The molecule has 1 aliphatic heterocycles. The zero-order valence-electron chi connectivity index (χ0n) is 22.1. The molecule has 3 aromatic rings. The topological polar surface area (TPSA) is 71.9 Å². The molecule has 0 radical (unpaired) electrons. The predicted octanol–water partition coefficient (Wildman–Crippen LogP) is 6.64. The monoisotopic (exact) mass is 540 g/mol. The number of methoxy groups -OCH3 is 2. The summed E-state index contributed by atoms with van der Waals surface area (Å²) in [4.78, 5) is 19.3. The molecule has 2 aromatic carbocycles. The third-order valence-corrected chi connectivity index (χ3v) is 8.58. The van der Waals surface area contributed by atoms with E-state index in [1.54, 1.807) is 38.2 Å². The van der Waals surface area contributed by atoms with Crippen LogP contribution in [-0.2, 0) is 4.79 Å². The highest BCUT2D eigenvalue weighted by Crippen LogP contribution is 2.37. The quantitative estimate of drug-likeness (QED) is 0.244. The summed E-state index contributed by atoms with van der Waals surface area (Å²) in [6, 6.07) is 15.3. The van der Waals surface area contributed by atoms with E-state index in [9.17, 15) is 9.90 Å². The lowest BCUT2D eigenvalue weighted by Gasteiger charge is -2.39. The zero-order valence-corrected chi connectivity index (χ0v) is 23.0. The molecule has 0 aliphatic carbocycles. The first kappa shape index (κ1) is 28.2. The molecule has 0 spiro atoms. The number of carbonyl (C=O) groups is 1. The first-order valence-corrected chi connectivity index (χ1v) is 14.2. The lowest BCUT2D eigenvalue weighted by atomic mass is 9.79. The van der Waals surface area contributed by atoms with Gasteiger partial charge in [0.25, 0.3) is 0 Å². The number of piperidine rings is 1. The summed E-state index contributed by atoms with van der Waals surface area (Å²) < 4.78 is 26.4. The Morgan fingerprint density at radius 3 is 2.79 bits per heavy atom. The lowest BCUT2D eigenvalue weighted by Crippen LogP contribution is -2.41. The number of aromatic nitrogens is 1. The second-order valence-corrected chi connectivity index (χ2v) is 11.0. The number of benzene rings is 2. The fraction of sp³-hybridized carbons (Fsp3) is 0.467. The number of likely N-dealkylation sites (tertiary alicyclic amines) is 1. The van der Waals surface area contributed by atoms with Crippen molar-refractivity contribution in [1.29, 1.82) is 0 Å². The molecule has 6 nitrogen and oxygen atoms in total. The molecule has 0 bridgehead atoms. The van der Waals surface area contributed by atoms with E-state index in [2.05, 4.69) is 16.0 Å². The van der Waals surface area contributed by atoms with Crippen molar-refractivity contribution in [2.45, 2.75) is 43.2 Å². The molecule has 38 heavy (non-hydrogen) atoms. The summed E-state index contributed by atoms with van der Waals surface area (Å²) in [5.41, 5.74) is 1.39. The molecule has 1 N–H and O–H groups in total. The van der Waals surface area contributed by atoms with Crippen LogP contribution in [0.4, 0.5) is 4.39 Å². The average molecular weight is 541 g/mol. The Labute approximate surface area is 228 Å². The number of hydrogen-bond acceptors (Lipinski definition) is 6. The number of para-hydroxylation sites is 1. The van der Waals surface area contributed by atoms with Crippen LogP contribution in [0, 0.1) is 11.8 Å². The summed E-state index contributed by atoms with van der Waals surface area (Å²) in [7, 11) is 3.29. The molecule has 4 rings (SSSR count). The van der Waals surface area contributed by atoms with Gasteiger partial charge in [0.2, 0.25) is 0 Å². The van der Waals surface area contributed by atoms with Gasteiger partial charge in [0.1, 0.15) is 17.7 Å². The number of hydrogen-bond donors (Lipinski definition) is 1. The van der Waals surface area contributed by atoms with Crippen LogP contribution in [0.5, 0.6) is 11.5 Å². The Hall–Kier alpha value is -2.84. The van der Waals surface area contributed by atoms with Crippen LogP contribution in [0.1, 0.15) is 43.8 Å². The molecular weight excluding hydrogens is 503 g/mol. The minimum absolute atomic E-state index is 0.152. The van der Waals surface area contributed by atoms with Gasteiger partial charge in [-0.3, -0.25) is 9.78 Å². The molecule has 1 saturated heterocycles. The van der Waals surface area contributed by atoms with E-state index in [0.29, 0.717) is 30.1 Å². The molecule has 204 valence electrons. The van der Waals surface area contributed by atoms with Crippen molar-refractivity contribution in [2.75, 3.05) is 39.6 Å². The van der Waals surface area contributed by atoms with Crippen LogP contribution in [0.2, 0.25) is 0 Å². The third kappa shape index (κ3) is 7.38. The SMILES string of the molecule is COc1ccc2nccc(C(F)CC[C@@H]3CCN(CCSc4ccccc4OC)C[C@@H]3CCC(=O)O)c2c1. The second kappa shape index (κ2) is 13.8. The highest BCUT2D eigenvalue weighted by Gasteiger charge is 2.30. The first-order chi connectivity index (χ1) is 18.5. The normalized spacial score (nSPS) is 18.8. The number of nitrogens with zero attached hydrogens (tertiary/aromatic N) is 2. The smallest absolute Gasteiger partial charge is 0.303 e. The van der Waals surface area contributed by atoms with Crippen molar-refractivity contribution in [1.82, 2.24) is 9.88 Å². The van der Waals surface area contributed by atoms with Crippen LogP contribution in [0.25, 0.3) is 10.9 Å². The van der Waals surface area contributed by atoms with Crippen molar-refractivity contribution in [3.63, 3.8) is 0 Å². The van der Waals surface area contributed by atoms with E-state index in [-0.39, 0.29) is 12.3 Å². The molecule has 8 heteroatoms. The Morgan fingerprint density at radius 1 is 1.16 bits per heavy atom. The molecule has 0 amide bonds. The Morgan fingerprint density at radius 2 is 2.00 bits per heavy atom. The van der Waals surface area contributed by atoms with E-state index in [0.717, 1.165) is 59.8 Å². The largest absolute Gasteiger partial charge is 0.497 e. The van der Waals surface area contributed by atoms with Crippen molar-refractivity contribution in [3.05, 3.63) is 60.3 Å². The lowest BCUT2D eigenvalue weighted by molar-refractivity contribution is -0.137. The molecule has 2 heterocycles. The number of carboxylic acid groups (broad SMARTS) is 1. The highest BCUT2D eigenvalue weighted by atomic mass is 32.2. The van der Waals surface area contributed by atoms with Gasteiger partial charge in [-0.05, 0) is 86.0 Å². The Bertz CT molecular complexity index is 1210. The molecule has 1 aliphatic rings. The fourth-order valence-corrected chi connectivity index (χ4v) is 6.50. The number of rotatable bonds is 13. The van der Waals surface area contributed by atoms with Gasteiger partial charge in [0.05, 0.1) is 19.7 Å². The fourth-order valence-electron chi connectivity index (χ4n) is 5.46. The van der Waals surface area contributed by atoms with E-state index < -0.39 is 12.1 Å². The van der Waals surface area contributed by atoms with Crippen LogP contribution >= 0.6 is 11.8 Å². The first-order valence-electron chi connectivity index (χ1n) is 13.2. The maximum atomic E-state index is 15.6. The molecule has 3 atom stereocenters. The van der Waals surface area contributed by atoms with E-state index >= 15 is 4.39 Å². The van der Waals surface area contributed by atoms with Crippen LogP contribution in [0.3, 0.4) is 0 Å². The highest BCUT2D eigenvalue weighted by molar-refractivity contribution is 7.99. The molecular formula is C30H37FN2O4S. The summed E-state index contributed by atoms with van der Waals surface area (Å²) in [5, 5.41) is 10.1.